The Morgan fingerprint density at radius 2 is 2.06 bits per heavy atom. The smallest absolute Gasteiger partial charge is 0.243 e. The van der Waals surface area contributed by atoms with Gasteiger partial charge >= 0.3 is 0 Å². The van der Waals surface area contributed by atoms with Crippen LogP contribution in [0.15, 0.2) is 34.9 Å². The Morgan fingerprint density at radius 1 is 1.28 bits per heavy atom. The molecule has 1 saturated carbocycles. The Hall–Kier alpha value is -1.68. The lowest BCUT2D eigenvalue weighted by Gasteiger charge is -2.05. The summed E-state index contributed by atoms with van der Waals surface area (Å²) in [5, 5.41) is 3.99. The van der Waals surface area contributed by atoms with E-state index in [9.17, 15) is 0 Å². The maximum atomic E-state index is 6.09. The van der Waals surface area contributed by atoms with Gasteiger partial charge in [0.15, 0.2) is 5.82 Å². The fourth-order valence-corrected chi connectivity index (χ4v) is 2.04. The lowest BCUT2D eigenvalue weighted by atomic mass is 10.1. The number of hydrogen-bond donors (Lipinski definition) is 1. The van der Waals surface area contributed by atoms with Gasteiger partial charge in [-0.2, -0.15) is 4.98 Å². The van der Waals surface area contributed by atoms with E-state index in [4.69, 9.17) is 10.3 Å². The van der Waals surface area contributed by atoms with Crippen LogP contribution in [0, 0.1) is 5.92 Å². The first-order valence-corrected chi connectivity index (χ1v) is 6.43. The van der Waals surface area contributed by atoms with Crippen molar-refractivity contribution in [3.63, 3.8) is 0 Å². The zero-order valence-electron chi connectivity index (χ0n) is 10.2. The average Bonchev–Trinajstić information content (AvgIpc) is 3.06. The molecule has 1 fully saturated rings. The normalized spacial score (nSPS) is 16.7. The summed E-state index contributed by atoms with van der Waals surface area (Å²) in [4.78, 5) is 4.38. The first-order valence-electron chi connectivity index (χ1n) is 6.43. The van der Waals surface area contributed by atoms with Crippen LogP contribution in [0.25, 0.3) is 0 Å². The summed E-state index contributed by atoms with van der Waals surface area (Å²) in [6.45, 7) is 0. The fourth-order valence-electron chi connectivity index (χ4n) is 2.04. The number of benzene rings is 1. The van der Waals surface area contributed by atoms with Crippen LogP contribution in [0.5, 0.6) is 0 Å². The van der Waals surface area contributed by atoms with Crippen LogP contribution in [0.1, 0.15) is 36.2 Å². The summed E-state index contributed by atoms with van der Waals surface area (Å²) >= 11 is 0. The summed E-state index contributed by atoms with van der Waals surface area (Å²) in [7, 11) is 0. The van der Waals surface area contributed by atoms with E-state index in [0.717, 1.165) is 24.6 Å². The third-order valence-electron chi connectivity index (χ3n) is 3.27. The lowest BCUT2D eigenvalue weighted by Crippen LogP contribution is -2.13. The maximum absolute atomic E-state index is 6.09. The molecule has 0 radical (unpaired) electrons. The minimum absolute atomic E-state index is 0.215. The third-order valence-corrected chi connectivity index (χ3v) is 3.27. The van der Waals surface area contributed by atoms with Gasteiger partial charge in [0.25, 0.3) is 0 Å². The van der Waals surface area contributed by atoms with E-state index in [2.05, 4.69) is 22.3 Å². The average molecular weight is 243 g/mol. The molecule has 4 heteroatoms. The Kier molecular flexibility index (Phi) is 3.11. The molecule has 3 rings (SSSR count). The van der Waals surface area contributed by atoms with Gasteiger partial charge in [-0.05, 0) is 30.7 Å². The standard InChI is InChI=1S/C14H17N3O/c15-12(8-10-4-2-1-3-5-10)14-16-13(17-18-14)9-11-6-7-11/h1-5,11-12H,6-9,15H2/t12-/m1/s1. The zero-order chi connectivity index (χ0) is 12.4. The fraction of sp³-hybridized carbons (Fsp3) is 0.429. The first kappa shape index (κ1) is 11.4. The highest BCUT2D eigenvalue weighted by Crippen LogP contribution is 2.31. The molecular weight excluding hydrogens is 226 g/mol. The Labute approximate surface area is 106 Å². The molecule has 1 atom stereocenters. The van der Waals surface area contributed by atoms with Crippen LogP contribution in [0.4, 0.5) is 0 Å². The van der Waals surface area contributed by atoms with Gasteiger partial charge < -0.3 is 10.3 Å². The quantitative estimate of drug-likeness (QED) is 0.874. The summed E-state index contributed by atoms with van der Waals surface area (Å²) in [5.41, 5.74) is 7.28. The molecular formula is C14H17N3O. The Bertz CT molecular complexity index is 505. The molecule has 1 aromatic heterocycles. The highest BCUT2D eigenvalue weighted by Gasteiger charge is 2.24. The predicted molar refractivity (Wildman–Crippen MR) is 67.8 cm³/mol. The monoisotopic (exact) mass is 243 g/mol. The Balaban J connectivity index is 1.64. The van der Waals surface area contributed by atoms with Crippen LogP contribution in [-0.4, -0.2) is 10.1 Å². The van der Waals surface area contributed by atoms with Crippen LogP contribution in [0.2, 0.25) is 0 Å². The number of hydrogen-bond acceptors (Lipinski definition) is 4. The van der Waals surface area contributed by atoms with Crippen molar-refractivity contribution in [2.45, 2.75) is 31.7 Å². The summed E-state index contributed by atoms with van der Waals surface area (Å²) < 4.78 is 5.24. The van der Waals surface area contributed by atoms with E-state index in [1.807, 2.05) is 18.2 Å². The molecule has 1 heterocycles. The van der Waals surface area contributed by atoms with Crippen molar-refractivity contribution < 1.29 is 4.52 Å². The molecule has 0 saturated heterocycles. The summed E-state index contributed by atoms with van der Waals surface area (Å²) in [6, 6.07) is 9.91. The van der Waals surface area contributed by atoms with E-state index >= 15 is 0 Å². The summed E-state index contributed by atoms with van der Waals surface area (Å²) in [6.07, 6.45) is 4.24. The van der Waals surface area contributed by atoms with Gasteiger partial charge in [0.1, 0.15) is 0 Å². The Morgan fingerprint density at radius 3 is 2.78 bits per heavy atom. The molecule has 1 aromatic carbocycles. The van der Waals surface area contributed by atoms with Crippen LogP contribution < -0.4 is 5.73 Å². The molecule has 0 amide bonds. The van der Waals surface area contributed by atoms with E-state index in [1.165, 1.54) is 18.4 Å². The first-order chi connectivity index (χ1) is 8.81. The minimum Gasteiger partial charge on any atom is -0.338 e. The zero-order valence-corrected chi connectivity index (χ0v) is 10.2. The number of aromatic nitrogens is 2. The van der Waals surface area contributed by atoms with Crippen molar-refractivity contribution >= 4 is 0 Å². The van der Waals surface area contributed by atoms with Gasteiger partial charge in [0, 0.05) is 6.42 Å². The van der Waals surface area contributed by atoms with Crippen LogP contribution >= 0.6 is 0 Å². The molecule has 2 N–H and O–H groups in total. The van der Waals surface area contributed by atoms with Crippen molar-refractivity contribution in [1.29, 1.82) is 0 Å². The summed E-state index contributed by atoms with van der Waals surface area (Å²) in [5.74, 6) is 2.12. The largest absolute Gasteiger partial charge is 0.338 e. The molecule has 0 spiro atoms. The lowest BCUT2D eigenvalue weighted by molar-refractivity contribution is 0.349. The van der Waals surface area contributed by atoms with Gasteiger partial charge in [-0.1, -0.05) is 35.5 Å². The van der Waals surface area contributed by atoms with Gasteiger partial charge in [-0.3, -0.25) is 0 Å². The second-order valence-corrected chi connectivity index (χ2v) is 4.99. The van der Waals surface area contributed by atoms with Crippen molar-refractivity contribution in [1.82, 2.24) is 10.1 Å². The van der Waals surface area contributed by atoms with Crippen LogP contribution in [0.3, 0.4) is 0 Å². The molecule has 1 aliphatic rings. The number of rotatable bonds is 5. The van der Waals surface area contributed by atoms with Crippen molar-refractivity contribution in [3.8, 4) is 0 Å². The van der Waals surface area contributed by atoms with E-state index < -0.39 is 0 Å². The van der Waals surface area contributed by atoms with Crippen molar-refractivity contribution in [3.05, 3.63) is 47.6 Å². The molecule has 1 aliphatic carbocycles. The minimum atomic E-state index is -0.215. The SMILES string of the molecule is N[C@H](Cc1ccccc1)c1nc(CC2CC2)no1. The van der Waals surface area contributed by atoms with Gasteiger partial charge in [0.2, 0.25) is 5.89 Å². The molecule has 94 valence electrons. The molecule has 0 unspecified atom stereocenters. The van der Waals surface area contributed by atoms with Crippen molar-refractivity contribution in [2.75, 3.05) is 0 Å². The van der Waals surface area contributed by atoms with Crippen LogP contribution in [-0.2, 0) is 12.8 Å². The second-order valence-electron chi connectivity index (χ2n) is 4.99. The number of nitrogens with two attached hydrogens (primary N) is 1. The predicted octanol–water partition coefficient (Wildman–Crippen LogP) is 2.26. The maximum Gasteiger partial charge on any atom is 0.243 e. The topological polar surface area (TPSA) is 64.9 Å². The van der Waals surface area contributed by atoms with Gasteiger partial charge in [-0.25, -0.2) is 0 Å². The molecule has 18 heavy (non-hydrogen) atoms. The second kappa shape index (κ2) is 4.90. The molecule has 2 aromatic rings. The van der Waals surface area contributed by atoms with Gasteiger partial charge in [0.05, 0.1) is 6.04 Å². The highest BCUT2D eigenvalue weighted by atomic mass is 16.5. The van der Waals surface area contributed by atoms with Gasteiger partial charge in [-0.15, -0.1) is 0 Å². The third kappa shape index (κ3) is 2.76. The molecule has 0 bridgehead atoms. The highest BCUT2D eigenvalue weighted by molar-refractivity contribution is 5.16. The van der Waals surface area contributed by atoms with E-state index in [1.54, 1.807) is 0 Å². The number of nitrogens with zero attached hydrogens (tertiary/aromatic N) is 2. The van der Waals surface area contributed by atoms with E-state index in [0.29, 0.717) is 5.89 Å². The van der Waals surface area contributed by atoms with E-state index in [-0.39, 0.29) is 6.04 Å². The molecule has 0 aliphatic heterocycles. The van der Waals surface area contributed by atoms with Crippen molar-refractivity contribution in [2.24, 2.45) is 11.7 Å². The molecule has 4 nitrogen and oxygen atoms in total.